The molecule has 2 bridgehead atoms. The van der Waals surface area contributed by atoms with Gasteiger partial charge in [0.15, 0.2) is 0 Å². The number of rotatable bonds is 1. The van der Waals surface area contributed by atoms with Crippen molar-refractivity contribution in [1.29, 1.82) is 0 Å². The van der Waals surface area contributed by atoms with E-state index in [1.54, 1.807) is 0 Å². The second-order valence-electron chi connectivity index (χ2n) is 5.47. The van der Waals surface area contributed by atoms with Gasteiger partial charge in [-0.3, -0.25) is 0 Å². The van der Waals surface area contributed by atoms with Crippen LogP contribution in [-0.4, -0.2) is 6.18 Å². The quantitative estimate of drug-likeness (QED) is 0.604. The van der Waals surface area contributed by atoms with Gasteiger partial charge in [0, 0.05) is 0 Å². The van der Waals surface area contributed by atoms with Crippen LogP contribution in [0.1, 0.15) is 46.0 Å². The molecule has 0 N–H and O–H groups in total. The molecular formula is C11H17F3. The van der Waals surface area contributed by atoms with Gasteiger partial charge < -0.3 is 0 Å². The maximum atomic E-state index is 12.9. The summed E-state index contributed by atoms with van der Waals surface area (Å²) < 4.78 is 38.6. The minimum atomic E-state index is -3.97. The van der Waals surface area contributed by atoms with Crippen LogP contribution in [0.4, 0.5) is 13.2 Å². The van der Waals surface area contributed by atoms with Crippen LogP contribution < -0.4 is 0 Å². The molecule has 0 aliphatic heterocycles. The molecule has 0 spiro atoms. The van der Waals surface area contributed by atoms with Gasteiger partial charge in [0.1, 0.15) is 0 Å². The van der Waals surface area contributed by atoms with E-state index in [2.05, 4.69) is 13.8 Å². The average Bonchev–Trinajstić information content (AvgIpc) is 2.59. The normalized spacial score (nSPS) is 42.4. The van der Waals surface area contributed by atoms with Crippen LogP contribution in [0, 0.1) is 16.7 Å². The van der Waals surface area contributed by atoms with Crippen LogP contribution in [0.5, 0.6) is 0 Å². The average molecular weight is 206 g/mol. The molecule has 0 aromatic carbocycles. The minimum absolute atomic E-state index is 0.00944. The Bertz CT molecular complexity index is 231. The van der Waals surface area contributed by atoms with Crippen LogP contribution in [0.15, 0.2) is 0 Å². The third-order valence-electron chi connectivity index (χ3n) is 4.72. The number of alkyl halides is 3. The molecule has 2 aliphatic rings. The Morgan fingerprint density at radius 3 is 1.71 bits per heavy atom. The van der Waals surface area contributed by atoms with Gasteiger partial charge in [0.05, 0.1) is 5.41 Å². The second kappa shape index (κ2) is 2.67. The lowest BCUT2D eigenvalue weighted by Crippen LogP contribution is -2.33. The van der Waals surface area contributed by atoms with Crippen molar-refractivity contribution in [2.75, 3.05) is 0 Å². The molecule has 3 heteroatoms. The van der Waals surface area contributed by atoms with E-state index in [-0.39, 0.29) is 5.41 Å². The van der Waals surface area contributed by atoms with Crippen LogP contribution >= 0.6 is 0 Å². The Labute approximate surface area is 82.9 Å². The summed E-state index contributed by atoms with van der Waals surface area (Å²) in [5.74, 6) is 0.397. The molecule has 2 saturated carbocycles. The standard InChI is InChI=1S/C11H17F3/c1-8(2)9-3-5-10(7-9,6-4-9)11(12,13)14/h8H,3-7H2,1-2H3. The second-order valence-corrected chi connectivity index (χ2v) is 5.47. The van der Waals surface area contributed by atoms with E-state index in [0.29, 0.717) is 25.2 Å². The molecule has 2 rings (SSSR count). The highest BCUT2D eigenvalue weighted by Gasteiger charge is 2.66. The molecule has 2 fully saturated rings. The van der Waals surface area contributed by atoms with Gasteiger partial charge >= 0.3 is 6.18 Å². The van der Waals surface area contributed by atoms with Gasteiger partial charge in [-0.1, -0.05) is 13.8 Å². The highest BCUT2D eigenvalue weighted by molar-refractivity contribution is 5.08. The molecule has 14 heavy (non-hydrogen) atoms. The smallest absolute Gasteiger partial charge is 0.171 e. The predicted molar refractivity (Wildman–Crippen MR) is 48.8 cm³/mol. The monoisotopic (exact) mass is 206 g/mol. The van der Waals surface area contributed by atoms with E-state index in [1.807, 2.05) is 0 Å². The lowest BCUT2D eigenvalue weighted by atomic mass is 9.75. The Hall–Kier alpha value is -0.210. The molecule has 0 aromatic heterocycles. The zero-order valence-corrected chi connectivity index (χ0v) is 8.75. The molecule has 0 atom stereocenters. The molecule has 0 heterocycles. The first-order valence-electron chi connectivity index (χ1n) is 5.38. The van der Waals surface area contributed by atoms with Crippen molar-refractivity contribution in [2.24, 2.45) is 16.7 Å². The molecule has 0 saturated heterocycles. The number of halogens is 3. The first-order chi connectivity index (χ1) is 6.31. The van der Waals surface area contributed by atoms with E-state index in [1.165, 1.54) is 0 Å². The molecule has 82 valence electrons. The molecule has 2 aliphatic carbocycles. The maximum Gasteiger partial charge on any atom is 0.394 e. The van der Waals surface area contributed by atoms with Crippen LogP contribution in [0.25, 0.3) is 0 Å². The highest BCUT2D eigenvalue weighted by Crippen LogP contribution is 2.69. The topological polar surface area (TPSA) is 0 Å². The van der Waals surface area contributed by atoms with E-state index < -0.39 is 11.6 Å². The maximum absolute atomic E-state index is 12.9. The summed E-state index contributed by atoms with van der Waals surface area (Å²) in [6.07, 6.45) is -1.28. The largest absolute Gasteiger partial charge is 0.394 e. The summed E-state index contributed by atoms with van der Waals surface area (Å²) >= 11 is 0. The molecule has 0 aromatic rings. The number of hydrogen-bond donors (Lipinski definition) is 0. The Balaban J connectivity index is 2.25. The zero-order valence-electron chi connectivity index (χ0n) is 8.75. The third kappa shape index (κ3) is 1.13. The first kappa shape index (κ1) is 10.3. The summed E-state index contributed by atoms with van der Waals surface area (Å²) in [5.41, 5.74) is -1.30. The van der Waals surface area contributed by atoms with Crippen LogP contribution in [-0.2, 0) is 0 Å². The SMILES string of the molecule is CC(C)C12CCC(C(F)(F)F)(CC1)C2. The lowest BCUT2D eigenvalue weighted by molar-refractivity contribution is -0.220. The zero-order chi connectivity index (χ0) is 10.6. The van der Waals surface area contributed by atoms with Crippen molar-refractivity contribution >= 4 is 0 Å². The lowest BCUT2D eigenvalue weighted by Gasteiger charge is -2.31. The fourth-order valence-electron chi connectivity index (χ4n) is 3.42. The van der Waals surface area contributed by atoms with Gasteiger partial charge in [0.25, 0.3) is 0 Å². The van der Waals surface area contributed by atoms with Gasteiger partial charge in [0.2, 0.25) is 0 Å². The summed E-state index contributed by atoms with van der Waals surface area (Å²) in [4.78, 5) is 0. The van der Waals surface area contributed by atoms with Gasteiger partial charge in [-0.15, -0.1) is 0 Å². The van der Waals surface area contributed by atoms with Crippen LogP contribution in [0.2, 0.25) is 0 Å². The van der Waals surface area contributed by atoms with Crippen molar-refractivity contribution in [3.8, 4) is 0 Å². The first-order valence-corrected chi connectivity index (χ1v) is 5.38. The van der Waals surface area contributed by atoms with E-state index >= 15 is 0 Å². The highest BCUT2D eigenvalue weighted by atomic mass is 19.4. The summed E-state index contributed by atoms with van der Waals surface area (Å²) in [5, 5.41) is 0. The number of hydrogen-bond acceptors (Lipinski definition) is 0. The fourth-order valence-corrected chi connectivity index (χ4v) is 3.42. The minimum Gasteiger partial charge on any atom is -0.171 e. The van der Waals surface area contributed by atoms with Crippen molar-refractivity contribution in [3.05, 3.63) is 0 Å². The van der Waals surface area contributed by atoms with Crippen molar-refractivity contribution in [1.82, 2.24) is 0 Å². The summed E-state index contributed by atoms with van der Waals surface area (Å²) in [7, 11) is 0. The molecule has 0 radical (unpaired) electrons. The Morgan fingerprint density at radius 2 is 1.50 bits per heavy atom. The Kier molecular flexibility index (Phi) is 1.97. The fraction of sp³-hybridized carbons (Fsp3) is 1.00. The van der Waals surface area contributed by atoms with Gasteiger partial charge in [-0.25, -0.2) is 0 Å². The summed E-state index contributed by atoms with van der Waals surface area (Å²) in [6, 6.07) is 0. The van der Waals surface area contributed by atoms with Crippen molar-refractivity contribution in [2.45, 2.75) is 52.1 Å². The third-order valence-corrected chi connectivity index (χ3v) is 4.72. The number of fused-ring (bicyclic) bond motifs is 2. The van der Waals surface area contributed by atoms with E-state index in [9.17, 15) is 13.2 Å². The van der Waals surface area contributed by atoms with E-state index in [0.717, 1.165) is 12.8 Å². The van der Waals surface area contributed by atoms with Crippen molar-refractivity contribution < 1.29 is 13.2 Å². The van der Waals surface area contributed by atoms with Gasteiger partial charge in [-0.05, 0) is 43.4 Å². The molecule has 0 amide bonds. The Morgan fingerprint density at radius 1 is 1.00 bits per heavy atom. The van der Waals surface area contributed by atoms with Crippen molar-refractivity contribution in [3.63, 3.8) is 0 Å². The summed E-state index contributed by atoms with van der Waals surface area (Å²) in [6.45, 7) is 4.13. The van der Waals surface area contributed by atoms with Gasteiger partial charge in [-0.2, -0.15) is 13.2 Å². The predicted octanol–water partition coefficient (Wildman–Crippen LogP) is 4.16. The van der Waals surface area contributed by atoms with E-state index in [4.69, 9.17) is 0 Å². The van der Waals surface area contributed by atoms with Crippen LogP contribution in [0.3, 0.4) is 0 Å². The molecule has 0 unspecified atom stereocenters. The molecular weight excluding hydrogens is 189 g/mol. The molecule has 0 nitrogen and oxygen atoms in total.